The molecule has 4 atom stereocenters. The zero-order valence-corrected chi connectivity index (χ0v) is 17.7. The molecule has 0 aromatic heterocycles. The lowest BCUT2D eigenvalue weighted by Crippen LogP contribution is -2.47. The molecule has 0 amide bonds. The summed E-state index contributed by atoms with van der Waals surface area (Å²) in [4.78, 5) is 0. The minimum Gasteiger partial charge on any atom is -0.393 e. The van der Waals surface area contributed by atoms with Crippen molar-refractivity contribution in [3.05, 3.63) is 0 Å². The lowest BCUT2D eigenvalue weighted by atomic mass is 9.54. The summed E-state index contributed by atoms with van der Waals surface area (Å²) in [5, 5.41) is 21.4. The van der Waals surface area contributed by atoms with Crippen molar-refractivity contribution in [2.24, 2.45) is 40.9 Å². The fraction of sp³-hybridized carbons (Fsp3) is 1.00. The highest BCUT2D eigenvalue weighted by Crippen LogP contribution is 2.53. The quantitative estimate of drug-likeness (QED) is 0.647. The maximum Gasteiger partial charge on any atom is 0.0596 e. The van der Waals surface area contributed by atoms with Crippen molar-refractivity contribution in [1.29, 1.82) is 0 Å². The summed E-state index contributed by atoms with van der Waals surface area (Å²) in [6, 6.07) is 0. The Kier molecular flexibility index (Phi) is 7.42. The third-order valence-corrected chi connectivity index (χ3v) is 8.48. The Balaban J connectivity index is 2.18. The third kappa shape index (κ3) is 4.26. The molecular weight excluding hydrogens is 308 g/mol. The number of aliphatic hydroxyl groups excluding tert-OH is 2. The molecule has 2 aliphatic carbocycles. The van der Waals surface area contributed by atoms with Gasteiger partial charge in [0.2, 0.25) is 0 Å². The van der Waals surface area contributed by atoms with Gasteiger partial charge < -0.3 is 10.2 Å². The maximum atomic E-state index is 10.7. The van der Waals surface area contributed by atoms with E-state index in [4.69, 9.17) is 0 Å². The van der Waals surface area contributed by atoms with Crippen molar-refractivity contribution in [3.8, 4) is 0 Å². The van der Waals surface area contributed by atoms with E-state index in [0.717, 1.165) is 25.7 Å². The molecule has 2 saturated carbocycles. The second kappa shape index (κ2) is 8.74. The molecular formula is C23H44O2. The number of hydrogen-bond donors (Lipinski definition) is 2. The molecule has 0 aromatic rings. The van der Waals surface area contributed by atoms with Gasteiger partial charge in [-0.3, -0.25) is 0 Å². The fourth-order valence-corrected chi connectivity index (χ4v) is 6.16. The van der Waals surface area contributed by atoms with Crippen LogP contribution in [0.2, 0.25) is 0 Å². The second-order valence-electron chi connectivity index (χ2n) is 9.81. The highest BCUT2D eigenvalue weighted by atomic mass is 16.3. The van der Waals surface area contributed by atoms with Gasteiger partial charge in [-0.05, 0) is 66.6 Å². The highest BCUT2D eigenvalue weighted by molar-refractivity contribution is 4.97. The molecule has 2 heteroatoms. The Morgan fingerprint density at radius 1 is 0.600 bits per heavy atom. The Morgan fingerprint density at radius 2 is 0.840 bits per heavy atom. The molecule has 148 valence electrons. The summed E-state index contributed by atoms with van der Waals surface area (Å²) in [5.41, 5.74) is 0.307. The first-order valence-corrected chi connectivity index (χ1v) is 11.2. The zero-order valence-electron chi connectivity index (χ0n) is 17.7. The number of hydrogen-bond acceptors (Lipinski definition) is 2. The molecule has 2 rings (SSSR count). The van der Waals surface area contributed by atoms with Crippen LogP contribution in [0, 0.1) is 40.9 Å². The largest absolute Gasteiger partial charge is 0.393 e. The van der Waals surface area contributed by atoms with Crippen molar-refractivity contribution in [2.75, 3.05) is 0 Å². The highest BCUT2D eigenvalue weighted by Gasteiger charge is 2.47. The average Bonchev–Trinajstić information content (AvgIpc) is 2.61. The minimum absolute atomic E-state index is 0.0954. The molecule has 0 aliphatic heterocycles. The van der Waals surface area contributed by atoms with Crippen LogP contribution in [-0.2, 0) is 0 Å². The standard InChI is InChI=1S/C23H44O2/c1-7-15-11-19(12-16(8-2)21(15)24)23(5,6)20-13-17(9-3)22(25)18(10-4)14-20/h15-22,24-25H,7-14H2,1-6H3. The fourth-order valence-electron chi connectivity index (χ4n) is 6.16. The predicted octanol–water partition coefficient (Wildman–Crippen LogP) is 5.66. The predicted molar refractivity (Wildman–Crippen MR) is 106 cm³/mol. The Labute approximate surface area is 156 Å². The van der Waals surface area contributed by atoms with E-state index in [1.165, 1.54) is 25.7 Å². The molecule has 0 spiro atoms. The first kappa shape index (κ1) is 21.2. The van der Waals surface area contributed by atoms with E-state index in [2.05, 4.69) is 41.5 Å². The first-order chi connectivity index (χ1) is 11.8. The minimum atomic E-state index is -0.0954. The van der Waals surface area contributed by atoms with E-state index in [1.807, 2.05) is 0 Å². The van der Waals surface area contributed by atoms with Crippen molar-refractivity contribution in [2.45, 2.75) is 105 Å². The van der Waals surface area contributed by atoms with Crippen LogP contribution in [0.3, 0.4) is 0 Å². The third-order valence-electron chi connectivity index (χ3n) is 8.48. The van der Waals surface area contributed by atoms with Gasteiger partial charge in [0, 0.05) is 0 Å². The van der Waals surface area contributed by atoms with Gasteiger partial charge in [-0.25, -0.2) is 0 Å². The summed E-state index contributed by atoms with van der Waals surface area (Å²) in [7, 11) is 0. The van der Waals surface area contributed by atoms with Crippen LogP contribution in [0.5, 0.6) is 0 Å². The van der Waals surface area contributed by atoms with Gasteiger partial charge in [-0.1, -0.05) is 67.2 Å². The number of rotatable bonds is 6. The molecule has 2 nitrogen and oxygen atoms in total. The summed E-state index contributed by atoms with van der Waals surface area (Å²) in [5.74, 6) is 3.31. The first-order valence-electron chi connectivity index (χ1n) is 11.2. The van der Waals surface area contributed by atoms with Gasteiger partial charge >= 0.3 is 0 Å². The van der Waals surface area contributed by atoms with Crippen LogP contribution in [0.4, 0.5) is 0 Å². The van der Waals surface area contributed by atoms with Crippen LogP contribution in [0.15, 0.2) is 0 Å². The van der Waals surface area contributed by atoms with Gasteiger partial charge in [0.05, 0.1) is 12.2 Å². The maximum absolute atomic E-state index is 10.7. The van der Waals surface area contributed by atoms with Crippen molar-refractivity contribution < 1.29 is 10.2 Å². The molecule has 0 bridgehead atoms. The van der Waals surface area contributed by atoms with E-state index in [1.54, 1.807) is 0 Å². The SMILES string of the molecule is CCC1CC(C(C)(C)C2CC(CC)C(O)C(CC)C2)CC(CC)C1O. The van der Waals surface area contributed by atoms with Gasteiger partial charge in [-0.2, -0.15) is 0 Å². The van der Waals surface area contributed by atoms with E-state index >= 15 is 0 Å². The molecule has 2 aliphatic rings. The summed E-state index contributed by atoms with van der Waals surface area (Å²) < 4.78 is 0. The van der Waals surface area contributed by atoms with Gasteiger partial charge in [0.1, 0.15) is 0 Å². The summed E-state index contributed by atoms with van der Waals surface area (Å²) >= 11 is 0. The van der Waals surface area contributed by atoms with Gasteiger partial charge in [0.25, 0.3) is 0 Å². The Bertz CT molecular complexity index is 341. The van der Waals surface area contributed by atoms with Crippen LogP contribution in [0.25, 0.3) is 0 Å². The Morgan fingerprint density at radius 3 is 1.04 bits per heavy atom. The summed E-state index contributed by atoms with van der Waals surface area (Å²) in [6.45, 7) is 14.0. The smallest absolute Gasteiger partial charge is 0.0596 e. The normalized spacial score (nSPS) is 43.2. The molecule has 25 heavy (non-hydrogen) atoms. The zero-order chi connectivity index (χ0) is 18.8. The van der Waals surface area contributed by atoms with E-state index in [0.29, 0.717) is 40.9 Å². The molecule has 2 N–H and O–H groups in total. The average molecular weight is 353 g/mol. The van der Waals surface area contributed by atoms with Crippen molar-refractivity contribution in [1.82, 2.24) is 0 Å². The van der Waals surface area contributed by atoms with Crippen LogP contribution >= 0.6 is 0 Å². The summed E-state index contributed by atoms with van der Waals surface area (Å²) in [6.07, 6.45) is 8.96. The molecule has 0 aromatic carbocycles. The Hall–Kier alpha value is -0.0800. The van der Waals surface area contributed by atoms with Crippen LogP contribution in [0.1, 0.15) is 92.9 Å². The second-order valence-corrected chi connectivity index (χ2v) is 9.81. The molecule has 0 radical (unpaired) electrons. The van der Waals surface area contributed by atoms with Crippen LogP contribution in [-0.4, -0.2) is 22.4 Å². The lowest BCUT2D eigenvalue weighted by Gasteiger charge is -2.52. The monoisotopic (exact) mass is 352 g/mol. The van der Waals surface area contributed by atoms with E-state index in [-0.39, 0.29) is 12.2 Å². The molecule has 0 heterocycles. The molecule has 4 unspecified atom stereocenters. The van der Waals surface area contributed by atoms with Crippen molar-refractivity contribution >= 4 is 0 Å². The number of aliphatic hydroxyl groups is 2. The molecule has 0 saturated heterocycles. The van der Waals surface area contributed by atoms with Crippen molar-refractivity contribution in [3.63, 3.8) is 0 Å². The molecule has 2 fully saturated rings. The lowest BCUT2D eigenvalue weighted by molar-refractivity contribution is -0.0809. The van der Waals surface area contributed by atoms with Gasteiger partial charge in [-0.15, -0.1) is 0 Å². The van der Waals surface area contributed by atoms with E-state index < -0.39 is 0 Å². The van der Waals surface area contributed by atoms with Gasteiger partial charge in [0.15, 0.2) is 0 Å². The van der Waals surface area contributed by atoms with E-state index in [9.17, 15) is 10.2 Å². The van der Waals surface area contributed by atoms with Crippen LogP contribution < -0.4 is 0 Å². The topological polar surface area (TPSA) is 40.5 Å².